The minimum absolute atomic E-state index is 0.0122. The standard InChI is InChI=1S/C27H29N3O2/c1-19-28-24-18-29(26(31)22-14-8-9-15-22)17-16-23(24)27(32)30(19)25(20-10-4-2-5-11-20)21-12-6-3-7-13-21/h2-7,10-13,22,25H,8-9,14-18H2,1H3. The van der Waals surface area contributed by atoms with Gasteiger partial charge in [0.1, 0.15) is 5.82 Å². The van der Waals surface area contributed by atoms with Crippen LogP contribution >= 0.6 is 0 Å². The number of nitrogens with zero attached hydrogens (tertiary/aromatic N) is 3. The van der Waals surface area contributed by atoms with E-state index in [4.69, 9.17) is 4.98 Å². The maximum Gasteiger partial charge on any atom is 0.257 e. The van der Waals surface area contributed by atoms with Crippen molar-refractivity contribution in [3.05, 3.63) is 99.2 Å². The second-order valence-electron chi connectivity index (χ2n) is 8.97. The Bertz CT molecular complexity index is 1130. The fourth-order valence-electron chi connectivity index (χ4n) is 5.31. The summed E-state index contributed by atoms with van der Waals surface area (Å²) in [6.07, 6.45) is 4.83. The molecule has 0 atom stereocenters. The number of rotatable bonds is 4. The number of hydrogen-bond acceptors (Lipinski definition) is 3. The molecule has 2 heterocycles. The van der Waals surface area contributed by atoms with E-state index in [0.717, 1.165) is 48.1 Å². The molecule has 5 rings (SSSR count). The van der Waals surface area contributed by atoms with Gasteiger partial charge in [-0.25, -0.2) is 4.98 Å². The summed E-state index contributed by atoms with van der Waals surface area (Å²) in [5, 5.41) is 0. The molecule has 5 heteroatoms. The van der Waals surface area contributed by atoms with Crippen molar-refractivity contribution < 1.29 is 4.79 Å². The lowest BCUT2D eigenvalue weighted by molar-refractivity contribution is -0.136. The Morgan fingerprint density at radius 2 is 1.56 bits per heavy atom. The first-order valence-electron chi connectivity index (χ1n) is 11.6. The van der Waals surface area contributed by atoms with E-state index in [-0.39, 0.29) is 23.4 Å². The monoisotopic (exact) mass is 427 g/mol. The zero-order chi connectivity index (χ0) is 22.1. The number of carbonyl (C=O) groups is 1. The van der Waals surface area contributed by atoms with Crippen molar-refractivity contribution >= 4 is 5.91 Å². The molecule has 1 amide bonds. The van der Waals surface area contributed by atoms with Gasteiger partial charge in [-0.2, -0.15) is 0 Å². The van der Waals surface area contributed by atoms with Crippen molar-refractivity contribution in [3.8, 4) is 0 Å². The molecule has 2 aromatic carbocycles. The van der Waals surface area contributed by atoms with Crippen LogP contribution in [0.2, 0.25) is 0 Å². The molecule has 0 radical (unpaired) electrons. The molecule has 0 bridgehead atoms. The Morgan fingerprint density at radius 1 is 0.969 bits per heavy atom. The van der Waals surface area contributed by atoms with E-state index in [0.29, 0.717) is 25.3 Å². The van der Waals surface area contributed by atoms with Gasteiger partial charge in [0.15, 0.2) is 0 Å². The smallest absolute Gasteiger partial charge is 0.257 e. The molecule has 1 aliphatic heterocycles. The third-order valence-electron chi connectivity index (χ3n) is 6.95. The third-order valence-corrected chi connectivity index (χ3v) is 6.95. The number of hydrogen-bond donors (Lipinski definition) is 0. The van der Waals surface area contributed by atoms with Crippen LogP contribution in [0.4, 0.5) is 0 Å². The first-order chi connectivity index (χ1) is 15.6. The predicted octanol–water partition coefficient (Wildman–Crippen LogP) is 4.26. The molecule has 164 valence electrons. The van der Waals surface area contributed by atoms with Crippen LogP contribution in [0.1, 0.15) is 59.9 Å². The molecule has 5 nitrogen and oxygen atoms in total. The van der Waals surface area contributed by atoms with Gasteiger partial charge in [0.2, 0.25) is 5.91 Å². The fourth-order valence-corrected chi connectivity index (χ4v) is 5.31. The van der Waals surface area contributed by atoms with Gasteiger partial charge in [0.25, 0.3) is 5.56 Å². The van der Waals surface area contributed by atoms with Crippen LogP contribution in [0, 0.1) is 12.8 Å². The zero-order valence-electron chi connectivity index (χ0n) is 18.5. The molecule has 1 saturated carbocycles. The van der Waals surface area contributed by atoms with Crippen molar-refractivity contribution in [1.82, 2.24) is 14.5 Å². The predicted molar refractivity (Wildman–Crippen MR) is 124 cm³/mol. The lowest BCUT2D eigenvalue weighted by Gasteiger charge is -2.31. The largest absolute Gasteiger partial charge is 0.336 e. The molecule has 1 aromatic heterocycles. The van der Waals surface area contributed by atoms with Gasteiger partial charge in [-0.3, -0.25) is 14.2 Å². The quantitative estimate of drug-likeness (QED) is 0.625. The third kappa shape index (κ3) is 3.77. The van der Waals surface area contributed by atoms with Gasteiger partial charge in [0.05, 0.1) is 18.3 Å². The summed E-state index contributed by atoms with van der Waals surface area (Å²) in [5.74, 6) is 1.07. The Morgan fingerprint density at radius 3 is 2.16 bits per heavy atom. The van der Waals surface area contributed by atoms with E-state index in [1.54, 1.807) is 0 Å². The summed E-state index contributed by atoms with van der Waals surface area (Å²) in [5.41, 5.74) is 3.64. The average Bonchev–Trinajstić information content (AvgIpc) is 3.37. The summed E-state index contributed by atoms with van der Waals surface area (Å²) >= 11 is 0. The van der Waals surface area contributed by atoms with Gasteiger partial charge in [0, 0.05) is 18.0 Å². The SMILES string of the molecule is Cc1nc2c(c(=O)n1C(c1ccccc1)c1ccccc1)CCN(C(=O)C1CCCC1)C2. The molecule has 1 fully saturated rings. The van der Waals surface area contributed by atoms with Crippen LogP contribution in [-0.4, -0.2) is 26.9 Å². The minimum Gasteiger partial charge on any atom is -0.336 e. The van der Waals surface area contributed by atoms with E-state index in [2.05, 4.69) is 24.3 Å². The fraction of sp³-hybridized carbons (Fsp3) is 0.370. The van der Waals surface area contributed by atoms with Crippen LogP contribution in [0.15, 0.2) is 65.5 Å². The van der Waals surface area contributed by atoms with E-state index in [9.17, 15) is 9.59 Å². The molecule has 1 aliphatic carbocycles. The van der Waals surface area contributed by atoms with Crippen molar-refractivity contribution in [2.24, 2.45) is 5.92 Å². The van der Waals surface area contributed by atoms with Crippen LogP contribution in [-0.2, 0) is 17.8 Å². The van der Waals surface area contributed by atoms with Gasteiger partial charge in [-0.15, -0.1) is 0 Å². The average molecular weight is 428 g/mol. The summed E-state index contributed by atoms with van der Waals surface area (Å²) in [7, 11) is 0. The molecule has 32 heavy (non-hydrogen) atoms. The zero-order valence-corrected chi connectivity index (χ0v) is 18.5. The number of amides is 1. The number of aryl methyl sites for hydroxylation is 1. The maximum atomic E-state index is 13.8. The summed E-state index contributed by atoms with van der Waals surface area (Å²) in [6.45, 7) is 2.95. The molecular weight excluding hydrogens is 398 g/mol. The number of aromatic nitrogens is 2. The molecule has 2 aliphatic rings. The van der Waals surface area contributed by atoms with Crippen molar-refractivity contribution in [3.63, 3.8) is 0 Å². The topological polar surface area (TPSA) is 55.2 Å². The number of benzene rings is 2. The number of fused-ring (bicyclic) bond motifs is 1. The minimum atomic E-state index is -0.235. The van der Waals surface area contributed by atoms with Crippen molar-refractivity contribution in [1.29, 1.82) is 0 Å². The summed E-state index contributed by atoms with van der Waals surface area (Å²) < 4.78 is 1.83. The van der Waals surface area contributed by atoms with Crippen LogP contribution in [0.3, 0.4) is 0 Å². The Kier molecular flexibility index (Phi) is 5.64. The summed E-state index contributed by atoms with van der Waals surface area (Å²) in [4.78, 5) is 33.5. The molecule has 0 spiro atoms. The lowest BCUT2D eigenvalue weighted by Crippen LogP contribution is -2.43. The van der Waals surface area contributed by atoms with Gasteiger partial charge in [-0.05, 0) is 37.3 Å². The summed E-state index contributed by atoms with van der Waals surface area (Å²) in [6, 6.07) is 20.0. The van der Waals surface area contributed by atoms with Crippen molar-refractivity contribution in [2.45, 2.75) is 51.6 Å². The highest BCUT2D eigenvalue weighted by Gasteiger charge is 2.32. The molecular formula is C27H29N3O2. The van der Waals surface area contributed by atoms with Crippen LogP contribution in [0.25, 0.3) is 0 Å². The first-order valence-corrected chi connectivity index (χ1v) is 11.6. The van der Waals surface area contributed by atoms with Gasteiger partial charge in [-0.1, -0.05) is 73.5 Å². The second-order valence-corrected chi connectivity index (χ2v) is 8.97. The highest BCUT2D eigenvalue weighted by atomic mass is 16.2. The van der Waals surface area contributed by atoms with Gasteiger partial charge >= 0.3 is 0 Å². The normalized spacial score (nSPS) is 16.4. The molecule has 3 aromatic rings. The lowest BCUT2D eigenvalue weighted by atomic mass is 9.97. The van der Waals surface area contributed by atoms with Crippen molar-refractivity contribution in [2.75, 3.05) is 6.54 Å². The van der Waals surface area contributed by atoms with Gasteiger partial charge < -0.3 is 4.90 Å². The van der Waals surface area contributed by atoms with E-state index in [1.165, 1.54) is 0 Å². The van der Waals surface area contributed by atoms with E-state index in [1.807, 2.05) is 52.8 Å². The van der Waals surface area contributed by atoms with Crippen LogP contribution < -0.4 is 5.56 Å². The Labute approximate surface area is 188 Å². The molecule has 0 N–H and O–H groups in total. The first kappa shape index (κ1) is 20.7. The highest BCUT2D eigenvalue weighted by molar-refractivity contribution is 5.79. The van der Waals surface area contributed by atoms with E-state index < -0.39 is 0 Å². The van der Waals surface area contributed by atoms with Crippen LogP contribution in [0.5, 0.6) is 0 Å². The Balaban J connectivity index is 1.55. The molecule has 0 saturated heterocycles. The maximum absolute atomic E-state index is 13.8. The number of carbonyl (C=O) groups excluding carboxylic acids is 1. The molecule has 0 unspecified atom stereocenters. The second kappa shape index (κ2) is 8.73. The Hall–Kier alpha value is -3.21. The highest BCUT2D eigenvalue weighted by Crippen LogP contribution is 2.30. The van der Waals surface area contributed by atoms with E-state index >= 15 is 0 Å².